The van der Waals surface area contributed by atoms with Gasteiger partial charge in [0, 0.05) is 11.3 Å². The lowest BCUT2D eigenvalue weighted by Gasteiger charge is -2.14. The van der Waals surface area contributed by atoms with Gasteiger partial charge in [-0.25, -0.2) is 4.79 Å². The lowest BCUT2D eigenvalue weighted by Crippen LogP contribution is -2.31. The fourth-order valence-electron chi connectivity index (χ4n) is 2.26. The Bertz CT molecular complexity index is 842. The molecule has 27 heavy (non-hydrogen) atoms. The molecule has 0 bridgehead atoms. The molecule has 0 unspecified atom stereocenters. The SMILES string of the molecule is CC(=O)c1ccc(NC(=O)[C@H](C)OC(=O)COc2ccc(C)c(C)c2)cc1. The smallest absolute Gasteiger partial charge is 0.344 e. The van der Waals surface area contributed by atoms with Gasteiger partial charge in [-0.1, -0.05) is 6.07 Å². The molecule has 0 fully saturated rings. The molecule has 0 saturated heterocycles. The van der Waals surface area contributed by atoms with Gasteiger partial charge >= 0.3 is 5.97 Å². The van der Waals surface area contributed by atoms with E-state index >= 15 is 0 Å². The Morgan fingerprint density at radius 3 is 2.26 bits per heavy atom. The number of esters is 1. The van der Waals surface area contributed by atoms with E-state index in [1.165, 1.54) is 13.8 Å². The molecule has 0 aliphatic heterocycles. The molecule has 1 atom stereocenters. The van der Waals surface area contributed by atoms with E-state index in [1.807, 2.05) is 26.0 Å². The lowest BCUT2D eigenvalue weighted by molar-refractivity contribution is -0.155. The highest BCUT2D eigenvalue weighted by Crippen LogP contribution is 2.16. The molecule has 0 saturated carbocycles. The summed E-state index contributed by atoms with van der Waals surface area (Å²) in [5.74, 6) is -0.593. The highest BCUT2D eigenvalue weighted by atomic mass is 16.6. The van der Waals surface area contributed by atoms with Crippen LogP contribution < -0.4 is 10.1 Å². The van der Waals surface area contributed by atoms with Gasteiger partial charge in [-0.15, -0.1) is 0 Å². The van der Waals surface area contributed by atoms with Crippen molar-refractivity contribution in [2.75, 3.05) is 11.9 Å². The van der Waals surface area contributed by atoms with Crippen LogP contribution in [0.25, 0.3) is 0 Å². The topological polar surface area (TPSA) is 81.7 Å². The average Bonchev–Trinajstić information content (AvgIpc) is 2.63. The van der Waals surface area contributed by atoms with Crippen molar-refractivity contribution in [2.24, 2.45) is 0 Å². The first-order chi connectivity index (χ1) is 12.8. The number of hydrogen-bond donors (Lipinski definition) is 1. The summed E-state index contributed by atoms with van der Waals surface area (Å²) in [6.07, 6.45) is -0.978. The quantitative estimate of drug-likeness (QED) is 0.597. The number of carbonyl (C=O) groups is 3. The third kappa shape index (κ3) is 5.95. The monoisotopic (exact) mass is 369 g/mol. The number of hydrogen-bond acceptors (Lipinski definition) is 5. The van der Waals surface area contributed by atoms with Crippen LogP contribution in [0.15, 0.2) is 42.5 Å². The van der Waals surface area contributed by atoms with Crippen LogP contribution in [0.5, 0.6) is 5.75 Å². The molecule has 142 valence electrons. The molecule has 0 aromatic heterocycles. The Morgan fingerprint density at radius 1 is 1.00 bits per heavy atom. The van der Waals surface area contributed by atoms with Gasteiger partial charge in [0.1, 0.15) is 5.75 Å². The van der Waals surface area contributed by atoms with Crippen LogP contribution in [0.3, 0.4) is 0 Å². The van der Waals surface area contributed by atoms with Gasteiger partial charge in [-0.3, -0.25) is 9.59 Å². The number of aryl methyl sites for hydroxylation is 2. The Labute approximate surface area is 158 Å². The number of benzene rings is 2. The number of amides is 1. The molecule has 1 N–H and O–H groups in total. The van der Waals surface area contributed by atoms with E-state index in [-0.39, 0.29) is 12.4 Å². The summed E-state index contributed by atoms with van der Waals surface area (Å²) in [5.41, 5.74) is 3.26. The van der Waals surface area contributed by atoms with Crippen LogP contribution in [0, 0.1) is 13.8 Å². The minimum absolute atomic E-state index is 0.0565. The van der Waals surface area contributed by atoms with Crippen LogP contribution in [-0.2, 0) is 14.3 Å². The number of Topliss-reactive ketones (excluding diaryl/α,β-unsaturated/α-hetero) is 1. The van der Waals surface area contributed by atoms with E-state index in [1.54, 1.807) is 30.3 Å². The highest BCUT2D eigenvalue weighted by molar-refractivity contribution is 5.97. The van der Waals surface area contributed by atoms with Crippen molar-refractivity contribution in [2.45, 2.75) is 33.8 Å². The lowest BCUT2D eigenvalue weighted by atomic mass is 10.1. The van der Waals surface area contributed by atoms with Crippen molar-refractivity contribution in [1.29, 1.82) is 0 Å². The van der Waals surface area contributed by atoms with Crippen molar-refractivity contribution in [3.8, 4) is 5.75 Å². The van der Waals surface area contributed by atoms with Crippen LogP contribution in [0.4, 0.5) is 5.69 Å². The largest absolute Gasteiger partial charge is 0.482 e. The van der Waals surface area contributed by atoms with Crippen LogP contribution >= 0.6 is 0 Å². The summed E-state index contributed by atoms with van der Waals surface area (Å²) in [4.78, 5) is 35.3. The van der Waals surface area contributed by atoms with Gasteiger partial charge in [0.2, 0.25) is 0 Å². The highest BCUT2D eigenvalue weighted by Gasteiger charge is 2.18. The van der Waals surface area contributed by atoms with E-state index in [0.717, 1.165) is 11.1 Å². The van der Waals surface area contributed by atoms with Crippen LogP contribution in [0.1, 0.15) is 35.3 Å². The third-order valence-electron chi connectivity index (χ3n) is 4.07. The fraction of sp³-hybridized carbons (Fsp3) is 0.286. The predicted molar refractivity (Wildman–Crippen MR) is 102 cm³/mol. The first-order valence-electron chi connectivity index (χ1n) is 8.57. The molecule has 6 nitrogen and oxygen atoms in total. The summed E-state index contributed by atoms with van der Waals surface area (Å²) in [5, 5.41) is 2.63. The van der Waals surface area contributed by atoms with Gasteiger partial charge in [0.15, 0.2) is 18.5 Å². The Kier molecular flexibility index (Phi) is 6.71. The summed E-state index contributed by atoms with van der Waals surface area (Å²) >= 11 is 0. The first kappa shape index (κ1) is 20.2. The fourth-order valence-corrected chi connectivity index (χ4v) is 2.26. The molecule has 2 aromatic carbocycles. The zero-order chi connectivity index (χ0) is 20.0. The molecule has 6 heteroatoms. The zero-order valence-corrected chi connectivity index (χ0v) is 15.9. The Morgan fingerprint density at radius 2 is 1.67 bits per heavy atom. The van der Waals surface area contributed by atoms with Gasteiger partial charge in [-0.2, -0.15) is 0 Å². The molecule has 1 amide bonds. The molecular weight excluding hydrogens is 346 g/mol. The van der Waals surface area contributed by atoms with Crippen molar-refractivity contribution < 1.29 is 23.9 Å². The van der Waals surface area contributed by atoms with E-state index in [0.29, 0.717) is 17.0 Å². The second-order valence-electron chi connectivity index (χ2n) is 6.29. The number of ether oxygens (including phenoxy) is 2. The standard InChI is InChI=1S/C21H23NO5/c1-13-5-10-19(11-14(13)2)26-12-20(24)27-16(4)21(25)22-18-8-6-17(7-9-18)15(3)23/h5-11,16H,12H2,1-4H3,(H,22,25)/t16-/m0/s1. The van der Waals surface area contributed by atoms with E-state index < -0.39 is 18.0 Å². The normalized spacial score (nSPS) is 11.4. The molecule has 2 aromatic rings. The summed E-state index contributed by atoms with van der Waals surface area (Å²) in [6, 6.07) is 12.0. The second-order valence-corrected chi connectivity index (χ2v) is 6.29. The Hall–Kier alpha value is -3.15. The van der Waals surface area contributed by atoms with Crippen LogP contribution in [0.2, 0.25) is 0 Å². The van der Waals surface area contributed by atoms with Gasteiger partial charge in [0.05, 0.1) is 0 Å². The minimum Gasteiger partial charge on any atom is -0.482 e. The van der Waals surface area contributed by atoms with Gasteiger partial charge < -0.3 is 14.8 Å². The molecule has 0 spiro atoms. The second kappa shape index (κ2) is 8.98. The van der Waals surface area contributed by atoms with Crippen molar-refractivity contribution in [1.82, 2.24) is 0 Å². The molecule has 0 heterocycles. The summed E-state index contributed by atoms with van der Waals surface area (Å²) in [7, 11) is 0. The number of carbonyl (C=O) groups excluding carboxylic acids is 3. The number of ketones is 1. The number of anilines is 1. The molecule has 0 radical (unpaired) electrons. The van der Waals surface area contributed by atoms with Crippen molar-refractivity contribution in [3.63, 3.8) is 0 Å². The third-order valence-corrected chi connectivity index (χ3v) is 4.07. The molecular formula is C21H23NO5. The minimum atomic E-state index is -0.978. The van der Waals surface area contributed by atoms with Gasteiger partial charge in [0.25, 0.3) is 5.91 Å². The maximum Gasteiger partial charge on any atom is 0.344 e. The maximum absolute atomic E-state index is 12.1. The molecule has 0 aliphatic carbocycles. The molecule has 0 aliphatic rings. The van der Waals surface area contributed by atoms with E-state index in [2.05, 4.69) is 5.32 Å². The van der Waals surface area contributed by atoms with E-state index in [9.17, 15) is 14.4 Å². The Balaban J connectivity index is 1.83. The van der Waals surface area contributed by atoms with Gasteiger partial charge in [-0.05, 0) is 75.2 Å². The summed E-state index contributed by atoms with van der Waals surface area (Å²) in [6.45, 7) is 6.60. The predicted octanol–water partition coefficient (Wildman–Crippen LogP) is 3.46. The van der Waals surface area contributed by atoms with Crippen LogP contribution in [-0.4, -0.2) is 30.4 Å². The number of rotatable bonds is 7. The maximum atomic E-state index is 12.1. The summed E-state index contributed by atoms with van der Waals surface area (Å²) < 4.78 is 10.5. The average molecular weight is 369 g/mol. The zero-order valence-electron chi connectivity index (χ0n) is 15.9. The molecule has 2 rings (SSSR count). The first-order valence-corrected chi connectivity index (χ1v) is 8.57. The van der Waals surface area contributed by atoms with E-state index in [4.69, 9.17) is 9.47 Å². The van der Waals surface area contributed by atoms with Crippen molar-refractivity contribution in [3.05, 3.63) is 59.2 Å². The van der Waals surface area contributed by atoms with Crippen molar-refractivity contribution >= 4 is 23.3 Å². The number of nitrogens with one attached hydrogen (secondary N) is 1.